The predicted molar refractivity (Wildman–Crippen MR) is 86.1 cm³/mol. The molecule has 0 bridgehead atoms. The van der Waals surface area contributed by atoms with E-state index in [1.165, 1.54) is 18.4 Å². The van der Waals surface area contributed by atoms with Crippen molar-refractivity contribution in [3.05, 3.63) is 42.0 Å². The van der Waals surface area contributed by atoms with Gasteiger partial charge in [0.1, 0.15) is 24.5 Å². The van der Waals surface area contributed by atoms with Crippen molar-refractivity contribution in [2.75, 3.05) is 26.2 Å². The van der Waals surface area contributed by atoms with E-state index in [1.54, 1.807) is 6.33 Å². The summed E-state index contributed by atoms with van der Waals surface area (Å²) in [5.74, 6) is 2.51. The third kappa shape index (κ3) is 3.65. The minimum Gasteiger partial charge on any atom is -0.492 e. The molecule has 1 aromatic carbocycles. The number of nitrogens with zero attached hydrogens (tertiary/aromatic N) is 3. The number of aromatic amines is 1. The van der Waals surface area contributed by atoms with Gasteiger partial charge < -0.3 is 4.74 Å². The van der Waals surface area contributed by atoms with Gasteiger partial charge in [0, 0.05) is 19.0 Å². The Balaban J connectivity index is 1.49. The van der Waals surface area contributed by atoms with Crippen molar-refractivity contribution >= 4 is 0 Å². The number of rotatable bonds is 6. The molecule has 5 nitrogen and oxygen atoms in total. The molecule has 1 aliphatic heterocycles. The average Bonchev–Trinajstić information content (AvgIpc) is 3.10. The molecule has 1 fully saturated rings. The molecule has 0 amide bonds. The van der Waals surface area contributed by atoms with Crippen LogP contribution in [-0.4, -0.2) is 46.3 Å². The van der Waals surface area contributed by atoms with E-state index in [0.29, 0.717) is 5.92 Å². The van der Waals surface area contributed by atoms with Gasteiger partial charge in [-0.15, -0.1) is 0 Å². The van der Waals surface area contributed by atoms with E-state index in [0.717, 1.165) is 44.2 Å². The van der Waals surface area contributed by atoms with E-state index in [1.807, 2.05) is 6.07 Å². The van der Waals surface area contributed by atoms with Crippen LogP contribution in [0.3, 0.4) is 0 Å². The van der Waals surface area contributed by atoms with Gasteiger partial charge >= 0.3 is 0 Å². The summed E-state index contributed by atoms with van der Waals surface area (Å²) in [6.45, 7) is 6.04. The number of nitrogens with one attached hydrogen (secondary N) is 1. The number of likely N-dealkylation sites (tertiary alicyclic amines) is 1. The largest absolute Gasteiger partial charge is 0.492 e. The van der Waals surface area contributed by atoms with Crippen LogP contribution in [0.25, 0.3) is 0 Å². The van der Waals surface area contributed by atoms with Crippen LogP contribution in [-0.2, 0) is 6.42 Å². The monoisotopic (exact) mass is 300 g/mol. The quantitative estimate of drug-likeness (QED) is 0.891. The topological polar surface area (TPSA) is 54.0 Å². The zero-order valence-electron chi connectivity index (χ0n) is 13.2. The van der Waals surface area contributed by atoms with Crippen molar-refractivity contribution in [3.63, 3.8) is 0 Å². The third-order valence-electron chi connectivity index (χ3n) is 4.34. The minimum absolute atomic E-state index is 0.471. The van der Waals surface area contributed by atoms with E-state index < -0.39 is 0 Å². The molecular formula is C17H24N4O. The normalized spacial score (nSPS) is 19.2. The molecule has 2 heterocycles. The maximum Gasteiger partial charge on any atom is 0.137 e. The molecule has 1 aromatic heterocycles. The zero-order chi connectivity index (χ0) is 15.2. The summed E-state index contributed by atoms with van der Waals surface area (Å²) in [5, 5.41) is 6.97. The van der Waals surface area contributed by atoms with Crippen LogP contribution in [0.2, 0.25) is 0 Å². The molecule has 0 radical (unpaired) electrons. The van der Waals surface area contributed by atoms with Crippen LogP contribution in [0.4, 0.5) is 0 Å². The van der Waals surface area contributed by atoms with E-state index in [2.05, 4.69) is 45.2 Å². The predicted octanol–water partition coefficient (Wildman–Crippen LogP) is 2.63. The lowest BCUT2D eigenvalue weighted by Crippen LogP contribution is -2.37. The van der Waals surface area contributed by atoms with Crippen molar-refractivity contribution in [2.45, 2.75) is 32.1 Å². The van der Waals surface area contributed by atoms with E-state index >= 15 is 0 Å². The minimum atomic E-state index is 0.471. The van der Waals surface area contributed by atoms with Crippen LogP contribution in [0.1, 0.15) is 37.1 Å². The molecule has 3 rings (SSSR count). The smallest absolute Gasteiger partial charge is 0.137 e. The van der Waals surface area contributed by atoms with Gasteiger partial charge in [0.05, 0.1) is 0 Å². The number of hydrogen-bond acceptors (Lipinski definition) is 4. The Morgan fingerprint density at radius 3 is 3.09 bits per heavy atom. The Morgan fingerprint density at radius 2 is 2.27 bits per heavy atom. The molecule has 0 saturated carbocycles. The Bertz CT molecular complexity index is 570. The highest BCUT2D eigenvalue weighted by molar-refractivity contribution is 5.33. The number of benzene rings is 1. The maximum atomic E-state index is 5.98. The molecule has 1 aliphatic rings. The van der Waals surface area contributed by atoms with Gasteiger partial charge in [-0.25, -0.2) is 4.98 Å². The standard InChI is InChI=1S/C17H24N4O/c1-2-14-6-3-4-8-16(14)22-11-10-21-9-5-7-15(12-21)17-18-13-19-20-17/h3-4,6,8,13,15H,2,5,7,9-12H2,1H3,(H,18,19,20)/t15-/m0/s1. The van der Waals surface area contributed by atoms with Crippen molar-refractivity contribution in [3.8, 4) is 5.75 Å². The lowest BCUT2D eigenvalue weighted by molar-refractivity contribution is 0.167. The summed E-state index contributed by atoms with van der Waals surface area (Å²) in [6.07, 6.45) is 4.99. The highest BCUT2D eigenvalue weighted by Gasteiger charge is 2.23. The number of aryl methyl sites for hydroxylation is 1. The van der Waals surface area contributed by atoms with Crippen LogP contribution in [0.5, 0.6) is 5.75 Å². The molecule has 22 heavy (non-hydrogen) atoms. The summed E-state index contributed by atoms with van der Waals surface area (Å²) in [6, 6.07) is 8.30. The van der Waals surface area contributed by atoms with Crippen LogP contribution >= 0.6 is 0 Å². The van der Waals surface area contributed by atoms with Gasteiger partial charge in [0.2, 0.25) is 0 Å². The maximum absolute atomic E-state index is 5.98. The Morgan fingerprint density at radius 1 is 1.36 bits per heavy atom. The first-order valence-electron chi connectivity index (χ1n) is 8.15. The summed E-state index contributed by atoms with van der Waals surface area (Å²) in [5.41, 5.74) is 1.28. The van der Waals surface area contributed by atoms with Gasteiger partial charge in [-0.05, 0) is 37.4 Å². The van der Waals surface area contributed by atoms with Crippen molar-refractivity contribution in [1.29, 1.82) is 0 Å². The summed E-state index contributed by atoms with van der Waals surface area (Å²) in [7, 11) is 0. The highest BCUT2D eigenvalue weighted by atomic mass is 16.5. The molecular weight excluding hydrogens is 276 g/mol. The Labute approximate surface area is 131 Å². The van der Waals surface area contributed by atoms with Crippen LogP contribution in [0.15, 0.2) is 30.6 Å². The first kappa shape index (κ1) is 15.0. The second kappa shape index (κ2) is 7.40. The molecule has 118 valence electrons. The average molecular weight is 300 g/mol. The van der Waals surface area contributed by atoms with E-state index in [4.69, 9.17) is 4.74 Å². The summed E-state index contributed by atoms with van der Waals surface area (Å²) < 4.78 is 5.98. The van der Waals surface area contributed by atoms with Crippen molar-refractivity contribution in [1.82, 2.24) is 20.1 Å². The molecule has 5 heteroatoms. The fraction of sp³-hybridized carbons (Fsp3) is 0.529. The van der Waals surface area contributed by atoms with Gasteiger partial charge in [-0.3, -0.25) is 10.00 Å². The van der Waals surface area contributed by atoms with Crippen molar-refractivity contribution in [2.24, 2.45) is 0 Å². The highest BCUT2D eigenvalue weighted by Crippen LogP contribution is 2.24. The Hall–Kier alpha value is -1.88. The van der Waals surface area contributed by atoms with Crippen LogP contribution < -0.4 is 4.74 Å². The first-order valence-corrected chi connectivity index (χ1v) is 8.15. The first-order chi connectivity index (χ1) is 10.9. The van der Waals surface area contributed by atoms with Crippen LogP contribution in [0, 0.1) is 0 Å². The number of ether oxygens (including phenoxy) is 1. The van der Waals surface area contributed by atoms with E-state index in [-0.39, 0.29) is 0 Å². The molecule has 1 saturated heterocycles. The molecule has 0 spiro atoms. The lowest BCUT2D eigenvalue weighted by atomic mass is 9.97. The number of aromatic nitrogens is 3. The molecule has 2 aromatic rings. The van der Waals surface area contributed by atoms with Crippen molar-refractivity contribution < 1.29 is 4.74 Å². The molecule has 0 aliphatic carbocycles. The zero-order valence-corrected chi connectivity index (χ0v) is 13.2. The SMILES string of the molecule is CCc1ccccc1OCCN1CCC[C@H](c2ncn[nH]2)C1. The second-order valence-corrected chi connectivity index (χ2v) is 5.82. The third-order valence-corrected chi connectivity index (χ3v) is 4.34. The van der Waals surface area contributed by atoms with Gasteiger partial charge in [-0.2, -0.15) is 5.10 Å². The number of H-pyrrole nitrogens is 1. The fourth-order valence-corrected chi connectivity index (χ4v) is 3.11. The summed E-state index contributed by atoms with van der Waals surface area (Å²) >= 11 is 0. The second-order valence-electron chi connectivity index (χ2n) is 5.82. The van der Waals surface area contributed by atoms with E-state index in [9.17, 15) is 0 Å². The number of hydrogen-bond donors (Lipinski definition) is 1. The lowest BCUT2D eigenvalue weighted by Gasteiger charge is -2.31. The molecule has 0 unspecified atom stereocenters. The van der Waals surface area contributed by atoms with Gasteiger partial charge in [0.25, 0.3) is 0 Å². The van der Waals surface area contributed by atoms with Gasteiger partial charge in [0.15, 0.2) is 0 Å². The molecule has 1 atom stereocenters. The van der Waals surface area contributed by atoms with Gasteiger partial charge in [-0.1, -0.05) is 25.1 Å². The molecule has 1 N–H and O–H groups in total. The number of piperidine rings is 1. The fourth-order valence-electron chi connectivity index (χ4n) is 3.11. The number of para-hydroxylation sites is 1. The Kier molecular flexibility index (Phi) is 5.06. The summed E-state index contributed by atoms with van der Waals surface area (Å²) in [4.78, 5) is 6.76.